The lowest BCUT2D eigenvalue weighted by Crippen LogP contribution is -2.56. The van der Waals surface area contributed by atoms with Gasteiger partial charge in [0.1, 0.15) is 54.7 Å². The molecule has 364 valence electrons. The topological polar surface area (TPSA) is 83.1 Å². The van der Waals surface area contributed by atoms with E-state index < -0.39 is 42.7 Å². The quantitative estimate of drug-likeness (QED) is 0.0588. The minimum absolute atomic E-state index is 0.209. The molecule has 0 amide bonds. The summed E-state index contributed by atoms with van der Waals surface area (Å²) in [4.78, 5) is 0. The predicted octanol–water partition coefficient (Wildman–Crippen LogP) is 11.9. The normalized spacial score (nSPS) is 21.5. The average Bonchev–Trinajstić information content (AvgIpc) is 3.43. The minimum atomic E-state index is -0.740. The highest BCUT2D eigenvalue weighted by molar-refractivity contribution is 5.25. The maximum absolute atomic E-state index is 7.18. The van der Waals surface area contributed by atoms with Crippen LogP contribution in [0.25, 0.3) is 0 Å². The lowest BCUT2D eigenvalue weighted by atomic mass is 9.95. The summed E-state index contributed by atoms with van der Waals surface area (Å²) in [7, 11) is 0. The molecule has 0 radical (unpaired) electrons. The van der Waals surface area contributed by atoms with Gasteiger partial charge in [0.15, 0.2) is 6.10 Å². The van der Waals surface area contributed by atoms with Crippen LogP contribution in [0.5, 0.6) is 0 Å². The zero-order valence-electron chi connectivity index (χ0n) is 39.9. The fourth-order valence-corrected chi connectivity index (χ4v) is 8.66. The third kappa shape index (κ3) is 14.9. The lowest BCUT2D eigenvalue weighted by molar-refractivity contribution is -0.224. The van der Waals surface area contributed by atoms with E-state index in [9.17, 15) is 0 Å². The van der Waals surface area contributed by atoms with Crippen LogP contribution in [0.15, 0.2) is 236 Å². The molecule has 2 aliphatic rings. The van der Waals surface area contributed by atoms with Gasteiger partial charge in [-0.2, -0.15) is 0 Å². The summed E-state index contributed by atoms with van der Waals surface area (Å²) >= 11 is 0. The van der Waals surface area contributed by atoms with E-state index >= 15 is 0 Å². The van der Waals surface area contributed by atoms with Crippen LogP contribution in [0.2, 0.25) is 0 Å². The molecule has 9 heteroatoms. The van der Waals surface area contributed by atoms with Gasteiger partial charge in [-0.25, -0.2) is 0 Å². The molecule has 2 heterocycles. The molecule has 7 atom stereocenters. The van der Waals surface area contributed by atoms with Crippen molar-refractivity contribution in [2.45, 2.75) is 89.0 Å². The molecule has 2 aliphatic heterocycles. The molecular formula is C62H62O9. The van der Waals surface area contributed by atoms with Crippen molar-refractivity contribution in [1.82, 2.24) is 0 Å². The van der Waals surface area contributed by atoms with Gasteiger partial charge in [-0.05, 0) is 51.1 Å². The summed E-state index contributed by atoms with van der Waals surface area (Å²) in [6.07, 6.45) is -0.497. The largest absolute Gasteiger partial charge is 0.491 e. The monoisotopic (exact) mass is 950 g/mol. The first kappa shape index (κ1) is 49.3. The Kier molecular flexibility index (Phi) is 18.4. The first-order chi connectivity index (χ1) is 35.2. The second kappa shape index (κ2) is 26.5. The van der Waals surface area contributed by atoms with E-state index in [0.717, 1.165) is 38.9 Å². The van der Waals surface area contributed by atoms with Gasteiger partial charge in [-0.1, -0.05) is 212 Å². The molecular weight excluding hydrogens is 889 g/mol. The van der Waals surface area contributed by atoms with Crippen molar-refractivity contribution < 1.29 is 42.6 Å². The molecule has 71 heavy (non-hydrogen) atoms. The summed E-state index contributed by atoms with van der Waals surface area (Å²) in [5.74, 6) is 1.16. The fourth-order valence-electron chi connectivity index (χ4n) is 8.66. The van der Waals surface area contributed by atoms with Crippen LogP contribution in [0.3, 0.4) is 0 Å². The van der Waals surface area contributed by atoms with Crippen molar-refractivity contribution in [3.8, 4) is 0 Å². The maximum atomic E-state index is 7.18. The molecule has 0 saturated carbocycles. The van der Waals surface area contributed by atoms with Gasteiger partial charge in [0.2, 0.25) is 0 Å². The number of ether oxygens (including phenoxy) is 9. The van der Waals surface area contributed by atoms with Gasteiger partial charge < -0.3 is 42.6 Å². The Hall–Kier alpha value is -6.66. The van der Waals surface area contributed by atoms with Crippen molar-refractivity contribution in [3.63, 3.8) is 0 Å². The van der Waals surface area contributed by atoms with Gasteiger partial charge in [-0.3, -0.25) is 0 Å². The van der Waals surface area contributed by atoms with E-state index in [-0.39, 0.29) is 19.8 Å². The van der Waals surface area contributed by atoms with Crippen molar-refractivity contribution in [3.05, 3.63) is 275 Å². The average molecular weight is 951 g/mol. The summed E-state index contributed by atoms with van der Waals surface area (Å²) in [5.41, 5.74) is 7.21. The van der Waals surface area contributed by atoms with Gasteiger partial charge in [0.25, 0.3) is 0 Å². The molecule has 0 N–H and O–H groups in total. The van der Waals surface area contributed by atoms with E-state index in [1.807, 2.05) is 140 Å². The lowest BCUT2D eigenvalue weighted by Gasteiger charge is -2.44. The smallest absolute Gasteiger partial charge is 0.150 e. The van der Waals surface area contributed by atoms with Crippen LogP contribution in [0.4, 0.5) is 0 Å². The van der Waals surface area contributed by atoms with Gasteiger partial charge in [0.05, 0.1) is 52.9 Å². The molecule has 0 spiro atoms. The van der Waals surface area contributed by atoms with Crippen LogP contribution >= 0.6 is 0 Å². The van der Waals surface area contributed by atoms with E-state index in [0.29, 0.717) is 51.2 Å². The third-order valence-corrected chi connectivity index (χ3v) is 12.3. The van der Waals surface area contributed by atoms with Crippen molar-refractivity contribution >= 4 is 0 Å². The number of rotatable bonds is 24. The van der Waals surface area contributed by atoms with E-state index in [4.69, 9.17) is 42.6 Å². The van der Waals surface area contributed by atoms with Crippen LogP contribution in [-0.4, -0.2) is 55.9 Å². The summed E-state index contributed by atoms with van der Waals surface area (Å²) < 4.78 is 61.7. The summed E-state index contributed by atoms with van der Waals surface area (Å²) in [5, 5.41) is 0. The predicted molar refractivity (Wildman–Crippen MR) is 273 cm³/mol. The van der Waals surface area contributed by atoms with E-state index in [1.54, 1.807) is 0 Å². The highest BCUT2D eigenvalue weighted by Gasteiger charge is 2.47. The molecule has 1 saturated heterocycles. The zero-order valence-corrected chi connectivity index (χ0v) is 39.9. The maximum Gasteiger partial charge on any atom is 0.150 e. The number of hydrogen-bond acceptors (Lipinski definition) is 9. The highest BCUT2D eigenvalue weighted by atomic mass is 16.6. The molecule has 0 aromatic heterocycles. The Labute approximate surface area is 418 Å². The summed E-state index contributed by atoms with van der Waals surface area (Å²) in [6, 6.07) is 70.9. The Morgan fingerprint density at radius 1 is 0.352 bits per heavy atom. The first-order valence-electron chi connectivity index (χ1n) is 24.5. The van der Waals surface area contributed by atoms with Crippen LogP contribution in [0, 0.1) is 0 Å². The SMILES string of the molecule is C1=C(OCc2ccccc2)[C@H](OCc2ccccc2)[C@@H](COCc2ccccc2)O[C@@H]1/C=C1\O[C@H](COCc2ccccc2)[C@H](OCc2ccccc2)[C@H](OCc2ccccc2)[C@H]1OCc1ccccc1. The third-order valence-electron chi connectivity index (χ3n) is 12.3. The molecule has 0 unspecified atom stereocenters. The number of hydrogen-bond donors (Lipinski definition) is 0. The summed E-state index contributed by atoms with van der Waals surface area (Å²) in [6.45, 7) is 2.82. The van der Waals surface area contributed by atoms with Gasteiger partial charge in [0, 0.05) is 0 Å². The second-order valence-corrected chi connectivity index (χ2v) is 17.7. The van der Waals surface area contributed by atoms with Crippen LogP contribution in [-0.2, 0) is 88.9 Å². The van der Waals surface area contributed by atoms with Crippen LogP contribution in [0.1, 0.15) is 38.9 Å². The molecule has 9 rings (SSSR count). The first-order valence-corrected chi connectivity index (χ1v) is 24.5. The number of benzene rings is 7. The molecule has 7 aromatic carbocycles. The van der Waals surface area contributed by atoms with Gasteiger partial charge >= 0.3 is 0 Å². The van der Waals surface area contributed by atoms with Crippen molar-refractivity contribution in [2.75, 3.05) is 13.2 Å². The zero-order chi connectivity index (χ0) is 48.1. The fraction of sp³-hybridized carbons (Fsp3) is 0.258. The minimum Gasteiger partial charge on any atom is -0.491 e. The van der Waals surface area contributed by atoms with Crippen LogP contribution < -0.4 is 0 Å². The molecule has 0 bridgehead atoms. The molecule has 1 fully saturated rings. The standard InChI is InChI=1S/C62H62O9/c1-8-22-47(23-9-1)38-63-45-57-59(66-41-50-28-14-4-15-29-50)55(65-40-49-26-12-3-13-27-49)36-54(70-57)37-56-60(67-42-51-30-16-5-17-31-51)62(69-44-53-34-20-7-21-35-53)61(68-43-52-32-18-6-19-33-52)58(71-56)46-64-39-48-24-10-2-11-25-48/h1-37,54,57-62H,38-46H2/b56-37-/t54-,57+,58+,59-,60-,61-,62+/m0/s1. The van der Waals surface area contributed by atoms with Crippen molar-refractivity contribution in [1.29, 1.82) is 0 Å². The van der Waals surface area contributed by atoms with Gasteiger partial charge in [-0.15, -0.1) is 0 Å². The van der Waals surface area contributed by atoms with E-state index in [1.165, 1.54) is 0 Å². The Bertz CT molecular complexity index is 2640. The Morgan fingerprint density at radius 3 is 1.14 bits per heavy atom. The highest BCUT2D eigenvalue weighted by Crippen LogP contribution is 2.35. The molecule has 9 nitrogen and oxygen atoms in total. The van der Waals surface area contributed by atoms with Crippen molar-refractivity contribution in [2.24, 2.45) is 0 Å². The van der Waals surface area contributed by atoms with E-state index in [2.05, 4.69) is 84.9 Å². The molecule has 7 aromatic rings. The molecule has 0 aliphatic carbocycles. The Balaban J connectivity index is 1.09. The Morgan fingerprint density at radius 2 is 0.704 bits per heavy atom. The second-order valence-electron chi connectivity index (χ2n) is 17.7.